The Balaban J connectivity index is 1.54. The molecule has 0 aliphatic heterocycles. The number of thiazole rings is 1. The number of hydrogen-bond donors (Lipinski definition) is 3. The van der Waals surface area contributed by atoms with Crippen molar-refractivity contribution < 1.29 is 14.1 Å². The van der Waals surface area contributed by atoms with Crippen LogP contribution < -0.4 is 9.60 Å². The normalized spacial score (nSPS) is 12.1. The van der Waals surface area contributed by atoms with E-state index >= 15 is 0 Å². The smallest absolute Gasteiger partial charge is 0.335 e. The Morgan fingerprint density at radius 2 is 1.75 bits per heavy atom. The highest BCUT2D eigenvalue weighted by Gasteiger charge is 2.13. The SMILES string of the molecule is O=C(O)c1cccc(-c2ccc(NS(=O)c3ccc4[nH]c(=O)sc4c3)c3ccccc23)c1. The van der Waals surface area contributed by atoms with E-state index in [-0.39, 0.29) is 10.4 Å². The lowest BCUT2D eigenvalue weighted by molar-refractivity contribution is 0.0697. The molecule has 4 aromatic carbocycles. The molecule has 1 unspecified atom stereocenters. The first-order valence-electron chi connectivity index (χ1n) is 9.66. The van der Waals surface area contributed by atoms with Crippen molar-refractivity contribution >= 4 is 55.0 Å². The lowest BCUT2D eigenvalue weighted by atomic mass is 9.96. The second-order valence-electron chi connectivity index (χ2n) is 7.14. The number of H-pyrrole nitrogens is 1. The lowest BCUT2D eigenvalue weighted by Gasteiger charge is -2.13. The van der Waals surface area contributed by atoms with Gasteiger partial charge in [0, 0.05) is 5.39 Å². The van der Waals surface area contributed by atoms with Gasteiger partial charge in [0.1, 0.15) is 11.0 Å². The number of aromatic amines is 1. The van der Waals surface area contributed by atoms with Crippen LogP contribution in [0.4, 0.5) is 5.69 Å². The van der Waals surface area contributed by atoms with E-state index in [2.05, 4.69) is 9.71 Å². The fourth-order valence-corrected chi connectivity index (χ4v) is 5.42. The summed E-state index contributed by atoms with van der Waals surface area (Å²) in [7, 11) is -1.54. The maximum absolute atomic E-state index is 13.0. The maximum Gasteiger partial charge on any atom is 0.335 e. The molecule has 5 aromatic rings. The molecule has 158 valence electrons. The molecule has 0 aliphatic carbocycles. The van der Waals surface area contributed by atoms with Gasteiger partial charge in [0.15, 0.2) is 0 Å². The van der Waals surface area contributed by atoms with Crippen LogP contribution in [0.1, 0.15) is 10.4 Å². The summed E-state index contributed by atoms with van der Waals surface area (Å²) >= 11 is 1.08. The zero-order chi connectivity index (χ0) is 22.2. The van der Waals surface area contributed by atoms with Crippen LogP contribution in [0.3, 0.4) is 0 Å². The number of nitrogens with one attached hydrogen (secondary N) is 2. The minimum atomic E-state index is -1.54. The van der Waals surface area contributed by atoms with E-state index in [4.69, 9.17) is 0 Å². The second kappa shape index (κ2) is 8.07. The largest absolute Gasteiger partial charge is 0.478 e. The third kappa shape index (κ3) is 3.70. The van der Waals surface area contributed by atoms with E-state index in [1.54, 1.807) is 36.4 Å². The zero-order valence-electron chi connectivity index (χ0n) is 16.5. The number of hydrogen-bond acceptors (Lipinski definition) is 4. The Morgan fingerprint density at radius 3 is 2.56 bits per heavy atom. The number of fused-ring (bicyclic) bond motifs is 2. The monoisotopic (exact) mass is 460 g/mol. The van der Waals surface area contributed by atoms with E-state index in [0.717, 1.165) is 43.5 Å². The first-order valence-corrected chi connectivity index (χ1v) is 11.6. The van der Waals surface area contributed by atoms with Crippen molar-refractivity contribution in [2.45, 2.75) is 4.90 Å². The van der Waals surface area contributed by atoms with Crippen molar-refractivity contribution in [2.24, 2.45) is 0 Å². The van der Waals surface area contributed by atoms with Crippen molar-refractivity contribution in [1.82, 2.24) is 4.98 Å². The van der Waals surface area contributed by atoms with Gasteiger partial charge in [0.05, 0.1) is 26.4 Å². The van der Waals surface area contributed by atoms with Gasteiger partial charge in [-0.3, -0.25) is 4.79 Å². The van der Waals surface area contributed by atoms with Crippen LogP contribution in [0.15, 0.2) is 88.6 Å². The fraction of sp³-hybridized carbons (Fsp3) is 0. The molecule has 0 amide bonds. The number of carbonyl (C=O) groups is 1. The highest BCUT2D eigenvalue weighted by Crippen LogP contribution is 2.34. The van der Waals surface area contributed by atoms with Crippen LogP contribution >= 0.6 is 11.3 Å². The summed E-state index contributed by atoms with van der Waals surface area (Å²) < 4.78 is 16.9. The molecule has 0 saturated heterocycles. The molecule has 0 saturated carbocycles. The molecule has 6 nitrogen and oxygen atoms in total. The molecule has 5 rings (SSSR count). The number of carboxylic acids is 1. The van der Waals surface area contributed by atoms with Crippen molar-refractivity contribution in [1.29, 1.82) is 0 Å². The number of aromatic carboxylic acids is 1. The summed E-state index contributed by atoms with van der Waals surface area (Å²) in [5, 5.41) is 11.1. The van der Waals surface area contributed by atoms with Gasteiger partial charge in [-0.25, -0.2) is 9.00 Å². The van der Waals surface area contributed by atoms with Crippen molar-refractivity contribution in [2.75, 3.05) is 4.72 Å². The molecule has 0 bridgehead atoms. The Bertz CT molecular complexity index is 1590. The summed E-state index contributed by atoms with van der Waals surface area (Å²) in [5.74, 6) is -0.978. The molecule has 0 spiro atoms. The first kappa shape index (κ1) is 20.2. The molecule has 1 heterocycles. The predicted octanol–water partition coefficient (Wildman–Crippen LogP) is 5.24. The molecule has 0 aliphatic rings. The van der Waals surface area contributed by atoms with Gasteiger partial charge in [-0.2, -0.15) is 0 Å². The number of anilines is 1. The minimum Gasteiger partial charge on any atom is -0.478 e. The standard InChI is InChI=1S/C24H16N2O4S2/c27-23(28)15-5-3-4-14(12-15)17-9-11-20(19-7-2-1-6-18(17)19)26-32(30)16-8-10-21-22(13-16)31-24(29)25-21/h1-13,26H,(H,25,29)(H,27,28). The highest BCUT2D eigenvalue weighted by atomic mass is 32.2. The van der Waals surface area contributed by atoms with E-state index < -0.39 is 17.0 Å². The average Bonchev–Trinajstić information content (AvgIpc) is 3.18. The molecular formula is C24H16N2O4S2. The van der Waals surface area contributed by atoms with Gasteiger partial charge >= 0.3 is 10.8 Å². The topological polar surface area (TPSA) is 99.3 Å². The van der Waals surface area contributed by atoms with Crippen LogP contribution in [0.2, 0.25) is 0 Å². The molecule has 1 atom stereocenters. The molecular weight excluding hydrogens is 444 g/mol. The Morgan fingerprint density at radius 1 is 0.938 bits per heavy atom. The van der Waals surface area contributed by atoms with Crippen LogP contribution in [0.25, 0.3) is 32.1 Å². The lowest BCUT2D eigenvalue weighted by Crippen LogP contribution is -2.05. The van der Waals surface area contributed by atoms with Crippen molar-refractivity contribution in [3.63, 3.8) is 0 Å². The van der Waals surface area contributed by atoms with Gasteiger partial charge < -0.3 is 14.8 Å². The highest BCUT2D eigenvalue weighted by molar-refractivity contribution is 7.86. The van der Waals surface area contributed by atoms with E-state index in [0.29, 0.717) is 10.6 Å². The summed E-state index contributed by atoms with van der Waals surface area (Å²) in [6, 6.07) is 23.5. The molecule has 0 fully saturated rings. The minimum absolute atomic E-state index is 0.149. The van der Waals surface area contributed by atoms with Gasteiger partial charge in [-0.05, 0) is 52.9 Å². The number of rotatable bonds is 5. The Kier molecular flexibility index (Phi) is 5.08. The molecule has 0 radical (unpaired) electrons. The van der Waals surface area contributed by atoms with Gasteiger partial charge in [-0.15, -0.1) is 0 Å². The number of aromatic nitrogens is 1. The quantitative estimate of drug-likeness (QED) is 0.334. The Hall–Kier alpha value is -3.75. The Labute approximate surface area is 188 Å². The first-order chi connectivity index (χ1) is 15.5. The molecule has 32 heavy (non-hydrogen) atoms. The van der Waals surface area contributed by atoms with E-state index in [9.17, 15) is 18.9 Å². The molecule has 8 heteroatoms. The van der Waals surface area contributed by atoms with E-state index in [1.807, 2.05) is 42.5 Å². The summed E-state index contributed by atoms with van der Waals surface area (Å²) in [6.07, 6.45) is 0. The van der Waals surface area contributed by atoms with Crippen molar-refractivity contribution in [3.8, 4) is 11.1 Å². The van der Waals surface area contributed by atoms with Crippen LogP contribution in [-0.2, 0) is 11.0 Å². The summed E-state index contributed by atoms with van der Waals surface area (Å²) in [6.45, 7) is 0. The van der Waals surface area contributed by atoms with E-state index in [1.165, 1.54) is 0 Å². The van der Waals surface area contributed by atoms with Crippen LogP contribution in [-0.4, -0.2) is 20.3 Å². The van der Waals surface area contributed by atoms with Crippen LogP contribution in [0, 0.1) is 0 Å². The summed E-state index contributed by atoms with van der Waals surface area (Å²) in [5.41, 5.74) is 3.32. The number of carboxylic acid groups (broad SMARTS) is 1. The third-order valence-electron chi connectivity index (χ3n) is 5.15. The predicted molar refractivity (Wildman–Crippen MR) is 129 cm³/mol. The zero-order valence-corrected chi connectivity index (χ0v) is 18.1. The maximum atomic E-state index is 13.0. The van der Waals surface area contributed by atoms with Gasteiger partial charge in [0.2, 0.25) is 0 Å². The van der Waals surface area contributed by atoms with Gasteiger partial charge in [-0.1, -0.05) is 53.8 Å². The molecule has 1 aromatic heterocycles. The van der Waals surface area contributed by atoms with Crippen molar-refractivity contribution in [3.05, 3.63) is 94.1 Å². The second-order valence-corrected chi connectivity index (χ2v) is 9.36. The molecule has 3 N–H and O–H groups in total. The number of benzene rings is 4. The average molecular weight is 461 g/mol. The van der Waals surface area contributed by atoms with Gasteiger partial charge in [0.25, 0.3) is 0 Å². The third-order valence-corrected chi connectivity index (χ3v) is 7.09. The fourth-order valence-electron chi connectivity index (χ4n) is 3.66. The summed E-state index contributed by atoms with van der Waals surface area (Å²) in [4.78, 5) is 26.1. The van der Waals surface area contributed by atoms with Crippen LogP contribution in [0.5, 0.6) is 0 Å².